The first-order chi connectivity index (χ1) is 15.3. The summed E-state index contributed by atoms with van der Waals surface area (Å²) in [6.07, 6.45) is 0. The van der Waals surface area contributed by atoms with Gasteiger partial charge >= 0.3 is 0 Å². The van der Waals surface area contributed by atoms with Crippen LogP contribution < -0.4 is 4.90 Å². The molecule has 7 nitrogen and oxygen atoms in total. The third-order valence-corrected chi connectivity index (χ3v) is 5.86. The zero-order valence-corrected chi connectivity index (χ0v) is 17.2. The number of hydrogen-bond acceptors (Lipinski definition) is 5. The maximum Gasteiger partial charge on any atom is 0.266 e. The van der Waals surface area contributed by atoms with Gasteiger partial charge in [-0.05, 0) is 42.8 Å². The van der Waals surface area contributed by atoms with E-state index in [-0.39, 0.29) is 33.4 Å². The van der Waals surface area contributed by atoms with Crippen molar-refractivity contribution in [1.29, 1.82) is 0 Å². The molecule has 0 bridgehead atoms. The van der Waals surface area contributed by atoms with Crippen LogP contribution in [0.15, 0.2) is 60.7 Å². The van der Waals surface area contributed by atoms with Crippen molar-refractivity contribution in [1.82, 2.24) is 4.90 Å². The second-order valence-corrected chi connectivity index (χ2v) is 7.75. The van der Waals surface area contributed by atoms with E-state index in [2.05, 4.69) is 0 Å². The molecule has 5 rings (SSSR count). The third-order valence-electron chi connectivity index (χ3n) is 5.86. The van der Waals surface area contributed by atoms with Crippen LogP contribution in [-0.2, 0) is 0 Å². The molecule has 0 fully saturated rings. The standard InChI is InChI=1S/C25H16N2O5/c1-13-5-3-4-6-20(13)27-24(31)17-10-8-15(12-19(17)25(27)32)21(28)14-7-9-16-18(11-14)23(30)26(2)22(16)29/h3-12H,1-2H3. The predicted octanol–water partition coefficient (Wildman–Crippen LogP) is 3.25. The zero-order valence-electron chi connectivity index (χ0n) is 17.2. The van der Waals surface area contributed by atoms with E-state index in [1.54, 1.807) is 12.1 Å². The summed E-state index contributed by atoms with van der Waals surface area (Å²) in [6.45, 7) is 1.81. The van der Waals surface area contributed by atoms with Crippen LogP contribution in [0.3, 0.4) is 0 Å². The number of para-hydroxylation sites is 1. The van der Waals surface area contributed by atoms with Crippen molar-refractivity contribution >= 4 is 35.1 Å². The second kappa shape index (κ2) is 6.81. The first kappa shape index (κ1) is 19.6. The number of aryl methyl sites for hydroxylation is 1. The maximum atomic E-state index is 13.1. The molecule has 3 aromatic carbocycles. The highest BCUT2D eigenvalue weighted by Gasteiger charge is 2.38. The van der Waals surface area contributed by atoms with Gasteiger partial charge in [0.1, 0.15) is 0 Å². The predicted molar refractivity (Wildman–Crippen MR) is 115 cm³/mol. The summed E-state index contributed by atoms with van der Waals surface area (Å²) in [5.74, 6) is -2.24. The molecule has 7 heteroatoms. The summed E-state index contributed by atoms with van der Waals surface area (Å²) in [6, 6.07) is 15.8. The largest absolute Gasteiger partial charge is 0.289 e. The van der Waals surface area contributed by atoms with Gasteiger partial charge in [-0.1, -0.05) is 30.3 Å². The molecule has 2 aliphatic heterocycles. The monoisotopic (exact) mass is 424 g/mol. The van der Waals surface area contributed by atoms with Crippen molar-refractivity contribution in [3.63, 3.8) is 0 Å². The Labute approximate surface area is 182 Å². The van der Waals surface area contributed by atoms with Gasteiger partial charge in [-0.3, -0.25) is 28.9 Å². The summed E-state index contributed by atoms with van der Waals surface area (Å²) in [5, 5.41) is 0. The number of imide groups is 2. The summed E-state index contributed by atoms with van der Waals surface area (Å²) >= 11 is 0. The number of fused-ring (bicyclic) bond motifs is 2. The van der Waals surface area contributed by atoms with E-state index in [1.807, 2.05) is 19.1 Å². The highest BCUT2D eigenvalue weighted by molar-refractivity contribution is 6.35. The van der Waals surface area contributed by atoms with Crippen LogP contribution in [0.2, 0.25) is 0 Å². The fourth-order valence-corrected chi connectivity index (χ4v) is 4.08. The highest BCUT2D eigenvalue weighted by Crippen LogP contribution is 2.32. The van der Waals surface area contributed by atoms with Crippen LogP contribution in [0.25, 0.3) is 0 Å². The Morgan fingerprint density at radius 3 is 1.78 bits per heavy atom. The number of amides is 4. The first-order valence-corrected chi connectivity index (χ1v) is 9.89. The quantitative estimate of drug-likeness (QED) is 0.475. The Balaban J connectivity index is 1.52. The maximum absolute atomic E-state index is 13.1. The molecule has 0 radical (unpaired) electrons. The highest BCUT2D eigenvalue weighted by atomic mass is 16.2. The Morgan fingerprint density at radius 1 is 0.656 bits per heavy atom. The SMILES string of the molecule is Cc1ccccc1N1C(=O)c2ccc(C(=O)c3ccc4c(c3)C(=O)N(C)C4=O)cc2C1=O. The van der Waals surface area contributed by atoms with E-state index in [9.17, 15) is 24.0 Å². The van der Waals surface area contributed by atoms with Gasteiger partial charge in [-0.2, -0.15) is 0 Å². The fraction of sp³-hybridized carbons (Fsp3) is 0.0800. The number of carbonyl (C=O) groups is 5. The number of carbonyl (C=O) groups excluding carboxylic acids is 5. The molecule has 0 N–H and O–H groups in total. The van der Waals surface area contributed by atoms with Crippen molar-refractivity contribution < 1.29 is 24.0 Å². The number of nitrogens with zero attached hydrogens (tertiary/aromatic N) is 2. The molecule has 0 spiro atoms. The molecule has 4 amide bonds. The fourth-order valence-electron chi connectivity index (χ4n) is 4.08. The van der Waals surface area contributed by atoms with Crippen molar-refractivity contribution in [3.8, 4) is 0 Å². The minimum Gasteiger partial charge on any atom is -0.289 e. The lowest BCUT2D eigenvalue weighted by atomic mass is 9.96. The molecule has 156 valence electrons. The minimum atomic E-state index is -0.495. The van der Waals surface area contributed by atoms with E-state index in [4.69, 9.17) is 0 Å². The van der Waals surface area contributed by atoms with E-state index >= 15 is 0 Å². The van der Waals surface area contributed by atoms with E-state index in [1.165, 1.54) is 43.4 Å². The molecule has 0 aliphatic carbocycles. The molecule has 0 unspecified atom stereocenters. The van der Waals surface area contributed by atoms with Crippen molar-refractivity contribution in [2.75, 3.05) is 11.9 Å². The van der Waals surface area contributed by atoms with Gasteiger partial charge in [-0.15, -0.1) is 0 Å². The Kier molecular flexibility index (Phi) is 4.17. The van der Waals surface area contributed by atoms with E-state index < -0.39 is 29.4 Å². The van der Waals surface area contributed by atoms with Crippen LogP contribution in [-0.4, -0.2) is 41.4 Å². The Morgan fingerprint density at radius 2 is 1.16 bits per heavy atom. The summed E-state index contributed by atoms with van der Waals surface area (Å²) in [7, 11) is 1.38. The van der Waals surface area contributed by atoms with Crippen LogP contribution in [0.4, 0.5) is 5.69 Å². The molecule has 2 aliphatic rings. The normalized spacial score (nSPS) is 14.8. The van der Waals surface area contributed by atoms with Crippen molar-refractivity contribution in [3.05, 3.63) is 99.6 Å². The lowest BCUT2D eigenvalue weighted by Crippen LogP contribution is -2.29. The van der Waals surface area contributed by atoms with Crippen molar-refractivity contribution in [2.24, 2.45) is 0 Å². The molecular weight excluding hydrogens is 408 g/mol. The van der Waals surface area contributed by atoms with Crippen LogP contribution in [0.1, 0.15) is 62.9 Å². The number of hydrogen-bond donors (Lipinski definition) is 0. The van der Waals surface area contributed by atoms with Crippen molar-refractivity contribution in [2.45, 2.75) is 6.92 Å². The molecule has 0 aromatic heterocycles. The Hall–Kier alpha value is -4.39. The van der Waals surface area contributed by atoms with Gasteiger partial charge in [0.05, 0.1) is 27.9 Å². The number of anilines is 1. The topological polar surface area (TPSA) is 91.8 Å². The average molecular weight is 424 g/mol. The smallest absolute Gasteiger partial charge is 0.266 e. The van der Waals surface area contributed by atoms with Gasteiger partial charge in [-0.25, -0.2) is 4.90 Å². The van der Waals surface area contributed by atoms with Crippen LogP contribution in [0, 0.1) is 6.92 Å². The van der Waals surface area contributed by atoms with Gasteiger partial charge in [0, 0.05) is 18.2 Å². The number of ketones is 1. The second-order valence-electron chi connectivity index (χ2n) is 7.75. The molecule has 32 heavy (non-hydrogen) atoms. The van der Waals surface area contributed by atoms with Gasteiger partial charge in [0.15, 0.2) is 5.78 Å². The van der Waals surface area contributed by atoms with Crippen LogP contribution in [0.5, 0.6) is 0 Å². The Bertz CT molecular complexity index is 1410. The number of rotatable bonds is 3. The molecular formula is C25H16N2O5. The third kappa shape index (κ3) is 2.64. The first-order valence-electron chi connectivity index (χ1n) is 9.89. The average Bonchev–Trinajstić information content (AvgIpc) is 3.18. The molecule has 0 saturated heterocycles. The number of benzene rings is 3. The summed E-state index contributed by atoms with van der Waals surface area (Å²) in [5.41, 5.74) is 2.49. The van der Waals surface area contributed by atoms with E-state index in [0.717, 1.165) is 15.4 Å². The molecule has 2 heterocycles. The van der Waals surface area contributed by atoms with Gasteiger partial charge in [0.2, 0.25) is 0 Å². The lowest BCUT2D eigenvalue weighted by molar-refractivity contribution is 0.0692. The lowest BCUT2D eigenvalue weighted by Gasteiger charge is -2.16. The summed E-state index contributed by atoms with van der Waals surface area (Å²) in [4.78, 5) is 65.5. The minimum absolute atomic E-state index is 0.149. The molecule has 3 aromatic rings. The van der Waals surface area contributed by atoms with Crippen LogP contribution >= 0.6 is 0 Å². The molecule has 0 saturated carbocycles. The van der Waals surface area contributed by atoms with Gasteiger partial charge < -0.3 is 0 Å². The van der Waals surface area contributed by atoms with E-state index in [0.29, 0.717) is 5.69 Å². The summed E-state index contributed by atoms with van der Waals surface area (Å²) < 4.78 is 0. The van der Waals surface area contributed by atoms with Gasteiger partial charge in [0.25, 0.3) is 23.6 Å². The molecule has 0 atom stereocenters. The zero-order chi connectivity index (χ0) is 22.7.